The van der Waals surface area contributed by atoms with Gasteiger partial charge in [-0.05, 0) is 61.1 Å². The number of halogens is 1. The molecular formula is C27H36FN3O4S. The van der Waals surface area contributed by atoms with Crippen molar-refractivity contribution < 1.29 is 22.4 Å². The van der Waals surface area contributed by atoms with Crippen molar-refractivity contribution in [2.45, 2.75) is 71.0 Å². The monoisotopic (exact) mass is 517 g/mol. The quantitative estimate of drug-likeness (QED) is 0.512. The lowest BCUT2D eigenvalue weighted by atomic mass is 10.0. The number of rotatable bonds is 10. The van der Waals surface area contributed by atoms with Crippen LogP contribution in [0, 0.1) is 5.82 Å². The minimum absolute atomic E-state index is 0.0439. The lowest BCUT2D eigenvalue weighted by Crippen LogP contribution is -2.52. The maximum absolute atomic E-state index is 13.6. The van der Waals surface area contributed by atoms with Crippen LogP contribution in [-0.4, -0.2) is 50.0 Å². The molecule has 2 aromatic carbocycles. The largest absolute Gasteiger partial charge is 0.352 e. The van der Waals surface area contributed by atoms with Gasteiger partial charge in [0, 0.05) is 12.6 Å². The summed E-state index contributed by atoms with van der Waals surface area (Å²) >= 11 is 0. The van der Waals surface area contributed by atoms with Crippen molar-refractivity contribution in [3.8, 4) is 0 Å². The Bertz CT molecular complexity index is 1140. The van der Waals surface area contributed by atoms with Crippen molar-refractivity contribution >= 4 is 27.5 Å². The second kappa shape index (κ2) is 11.9. The van der Waals surface area contributed by atoms with E-state index in [1.807, 2.05) is 26.0 Å². The first kappa shape index (κ1) is 27.6. The third kappa shape index (κ3) is 7.29. The zero-order valence-corrected chi connectivity index (χ0v) is 22.2. The average molecular weight is 518 g/mol. The fourth-order valence-electron chi connectivity index (χ4n) is 4.40. The summed E-state index contributed by atoms with van der Waals surface area (Å²) in [6, 6.07) is 12.0. The Morgan fingerprint density at radius 1 is 1.00 bits per heavy atom. The minimum atomic E-state index is -3.79. The van der Waals surface area contributed by atoms with E-state index >= 15 is 0 Å². The smallest absolute Gasteiger partial charge is 0.244 e. The van der Waals surface area contributed by atoms with Gasteiger partial charge < -0.3 is 10.2 Å². The summed E-state index contributed by atoms with van der Waals surface area (Å²) in [6.45, 7) is 5.30. The summed E-state index contributed by atoms with van der Waals surface area (Å²) in [4.78, 5) is 28.0. The number of carbonyl (C=O) groups is 2. The number of nitrogens with one attached hydrogen (secondary N) is 1. The summed E-state index contributed by atoms with van der Waals surface area (Å²) in [5.74, 6) is -0.939. The molecule has 1 N–H and O–H groups in total. The zero-order chi connectivity index (χ0) is 26.5. The molecule has 2 aromatic rings. The molecule has 36 heavy (non-hydrogen) atoms. The van der Waals surface area contributed by atoms with Crippen LogP contribution >= 0.6 is 0 Å². The molecule has 2 amide bonds. The summed E-state index contributed by atoms with van der Waals surface area (Å²) in [6.07, 6.45) is 4.96. The molecule has 0 heterocycles. The molecule has 0 bridgehead atoms. The first-order valence-corrected chi connectivity index (χ1v) is 14.2. The van der Waals surface area contributed by atoms with Crippen molar-refractivity contribution in [1.82, 2.24) is 10.2 Å². The van der Waals surface area contributed by atoms with Crippen molar-refractivity contribution in [2.24, 2.45) is 0 Å². The van der Waals surface area contributed by atoms with Gasteiger partial charge in [-0.3, -0.25) is 13.9 Å². The average Bonchev–Trinajstić information content (AvgIpc) is 3.34. The van der Waals surface area contributed by atoms with E-state index in [1.165, 1.54) is 17.0 Å². The first-order valence-electron chi connectivity index (χ1n) is 12.4. The highest BCUT2D eigenvalue weighted by atomic mass is 32.2. The molecule has 0 saturated heterocycles. The Labute approximate surface area is 213 Å². The number of carbonyl (C=O) groups excluding carboxylic acids is 2. The highest BCUT2D eigenvalue weighted by Crippen LogP contribution is 2.23. The SMILES string of the molecule is CC(C)c1ccc(N(CC(=O)N(Cc2ccc(F)cc2)[C@H](C)C(=O)NC2CCCC2)S(C)(=O)=O)cc1. The van der Waals surface area contributed by atoms with Gasteiger partial charge in [-0.1, -0.05) is 51.0 Å². The van der Waals surface area contributed by atoms with E-state index in [0.717, 1.165) is 41.8 Å². The lowest BCUT2D eigenvalue weighted by molar-refractivity contribution is -0.139. The number of hydrogen-bond donors (Lipinski definition) is 1. The maximum atomic E-state index is 13.6. The van der Waals surface area contributed by atoms with Crippen LogP contribution in [0.1, 0.15) is 63.5 Å². The fourth-order valence-corrected chi connectivity index (χ4v) is 5.25. The number of anilines is 1. The lowest BCUT2D eigenvalue weighted by Gasteiger charge is -2.32. The summed E-state index contributed by atoms with van der Waals surface area (Å²) in [7, 11) is -3.79. The van der Waals surface area contributed by atoms with Gasteiger partial charge >= 0.3 is 0 Å². The summed E-state index contributed by atoms with van der Waals surface area (Å²) in [5, 5.41) is 3.02. The van der Waals surface area contributed by atoms with Crippen LogP contribution in [0.4, 0.5) is 10.1 Å². The van der Waals surface area contributed by atoms with Crippen molar-refractivity contribution in [3.05, 3.63) is 65.5 Å². The van der Waals surface area contributed by atoms with Crippen LogP contribution < -0.4 is 9.62 Å². The molecular weight excluding hydrogens is 481 g/mol. The van der Waals surface area contributed by atoms with Gasteiger partial charge in [0.2, 0.25) is 21.8 Å². The summed E-state index contributed by atoms with van der Waals surface area (Å²) in [5.41, 5.74) is 2.06. The molecule has 0 aliphatic heterocycles. The minimum Gasteiger partial charge on any atom is -0.352 e. The first-order chi connectivity index (χ1) is 17.0. The molecule has 3 rings (SSSR count). The molecule has 0 unspecified atom stereocenters. The number of sulfonamides is 1. The summed E-state index contributed by atoms with van der Waals surface area (Å²) < 4.78 is 39.8. The van der Waals surface area contributed by atoms with Crippen LogP contribution in [0.2, 0.25) is 0 Å². The van der Waals surface area contributed by atoms with Gasteiger partial charge in [0.15, 0.2) is 0 Å². The van der Waals surface area contributed by atoms with Crippen molar-refractivity contribution in [1.29, 1.82) is 0 Å². The predicted octanol–water partition coefficient (Wildman–Crippen LogP) is 4.19. The van der Waals surface area contributed by atoms with Crippen molar-refractivity contribution in [2.75, 3.05) is 17.1 Å². The Kier molecular flexibility index (Phi) is 9.11. The molecule has 0 spiro atoms. The van der Waals surface area contributed by atoms with Gasteiger partial charge in [-0.25, -0.2) is 12.8 Å². The number of amides is 2. The van der Waals surface area contributed by atoms with Crippen LogP contribution in [0.5, 0.6) is 0 Å². The molecule has 1 fully saturated rings. The predicted molar refractivity (Wildman–Crippen MR) is 140 cm³/mol. The van der Waals surface area contributed by atoms with Crippen LogP contribution in [0.25, 0.3) is 0 Å². The van der Waals surface area contributed by atoms with Crippen LogP contribution in [0.3, 0.4) is 0 Å². The Balaban J connectivity index is 1.86. The van der Waals surface area contributed by atoms with E-state index in [1.54, 1.807) is 31.2 Å². The van der Waals surface area contributed by atoms with Gasteiger partial charge in [0.05, 0.1) is 11.9 Å². The third-order valence-electron chi connectivity index (χ3n) is 6.66. The molecule has 1 atom stereocenters. The van der Waals surface area contributed by atoms with Crippen molar-refractivity contribution in [3.63, 3.8) is 0 Å². The van der Waals surface area contributed by atoms with Gasteiger partial charge in [0.1, 0.15) is 18.4 Å². The van der Waals surface area contributed by atoms with Crippen LogP contribution in [0.15, 0.2) is 48.5 Å². The van der Waals surface area contributed by atoms with Crippen LogP contribution in [-0.2, 0) is 26.2 Å². The Morgan fingerprint density at radius 2 is 1.58 bits per heavy atom. The van der Waals surface area contributed by atoms with E-state index in [0.29, 0.717) is 11.3 Å². The molecule has 196 valence electrons. The van der Waals surface area contributed by atoms with E-state index in [9.17, 15) is 22.4 Å². The zero-order valence-electron chi connectivity index (χ0n) is 21.4. The molecule has 7 nitrogen and oxygen atoms in total. The number of benzene rings is 2. The molecule has 1 aliphatic carbocycles. The highest BCUT2D eigenvalue weighted by Gasteiger charge is 2.31. The van der Waals surface area contributed by atoms with Gasteiger partial charge in [-0.2, -0.15) is 0 Å². The van der Waals surface area contributed by atoms with E-state index in [-0.39, 0.29) is 24.4 Å². The van der Waals surface area contributed by atoms with E-state index < -0.39 is 34.3 Å². The van der Waals surface area contributed by atoms with Gasteiger partial charge in [0.25, 0.3) is 0 Å². The maximum Gasteiger partial charge on any atom is 0.244 e. The Hall–Kier alpha value is -2.94. The molecule has 0 aromatic heterocycles. The number of nitrogens with zero attached hydrogens (tertiary/aromatic N) is 2. The topological polar surface area (TPSA) is 86.8 Å². The Morgan fingerprint density at radius 3 is 2.11 bits per heavy atom. The molecule has 9 heteroatoms. The van der Waals surface area contributed by atoms with Gasteiger partial charge in [-0.15, -0.1) is 0 Å². The second-order valence-electron chi connectivity index (χ2n) is 9.83. The number of hydrogen-bond acceptors (Lipinski definition) is 4. The molecule has 1 aliphatic rings. The molecule has 1 saturated carbocycles. The standard InChI is InChI=1S/C27H36FN3O4S/c1-19(2)22-11-15-25(16-12-22)31(36(4,34)35)18-26(32)30(17-21-9-13-23(28)14-10-21)20(3)27(33)29-24-7-5-6-8-24/h9-16,19-20,24H,5-8,17-18H2,1-4H3,(H,29,33)/t20-/m1/s1. The second-order valence-corrected chi connectivity index (χ2v) is 11.7. The molecule has 0 radical (unpaired) electrons. The third-order valence-corrected chi connectivity index (χ3v) is 7.80. The van der Waals surface area contributed by atoms with E-state index in [2.05, 4.69) is 5.32 Å². The normalized spacial score (nSPS) is 15.1. The highest BCUT2D eigenvalue weighted by molar-refractivity contribution is 7.92. The van der Waals surface area contributed by atoms with E-state index in [4.69, 9.17) is 0 Å². The fraction of sp³-hybridized carbons (Fsp3) is 0.481.